The summed E-state index contributed by atoms with van der Waals surface area (Å²) >= 11 is 3.54. The van der Waals surface area contributed by atoms with Crippen LogP contribution in [-0.4, -0.2) is 32.8 Å². The molecule has 0 saturated heterocycles. The van der Waals surface area contributed by atoms with Crippen molar-refractivity contribution in [2.45, 2.75) is 6.42 Å². The molecule has 0 amide bonds. The molecule has 0 spiro atoms. The minimum Gasteiger partial charge on any atom is -0.378 e. The molecule has 0 saturated carbocycles. The van der Waals surface area contributed by atoms with Crippen LogP contribution in [0.5, 0.6) is 0 Å². The molecule has 3 rings (SSSR count). The maximum atomic E-state index is 8.60. The number of nitrogens with zero attached hydrogens (tertiary/aromatic N) is 2. The van der Waals surface area contributed by atoms with Gasteiger partial charge in [-0.2, -0.15) is 14.0 Å². The monoisotopic (exact) mass is 560 g/mol. The first kappa shape index (κ1) is 28.6. The molecule has 0 aliphatic heterocycles. The molecule has 6 nitrogen and oxygen atoms in total. The quantitative estimate of drug-likeness (QED) is 0.446. The lowest BCUT2D eigenvalue weighted by atomic mass is 9.97. The lowest BCUT2D eigenvalue weighted by Gasteiger charge is -2.14. The van der Waals surface area contributed by atoms with Crippen molar-refractivity contribution in [3.05, 3.63) is 112 Å². The van der Waals surface area contributed by atoms with Crippen LogP contribution in [0.1, 0.15) is 16.7 Å². The van der Waals surface area contributed by atoms with Crippen molar-refractivity contribution in [2.24, 2.45) is 0 Å². The van der Waals surface area contributed by atoms with E-state index < -0.39 is 10.2 Å². The van der Waals surface area contributed by atoms with Gasteiger partial charge >= 0.3 is 0 Å². The van der Waals surface area contributed by atoms with Gasteiger partial charge in [0.1, 0.15) is 0 Å². The third-order valence-corrected chi connectivity index (χ3v) is 5.58. The average molecular weight is 562 g/mol. The standard InChI is InChI=1S/C27H29BrN2.ClHO4/c1-29(2)25-17-9-21(10-18-25)7-5-6-8-27(22-11-15-24(28)16-12-22)23-13-19-26(20-14-23)30(3)4;2-1(3,4)5/h5-6,8-20H,7H2,1-4H3;(H,2,3,4,5). The topological polar surface area (TPSA) is 95.9 Å². The molecule has 0 aromatic heterocycles. The van der Waals surface area contributed by atoms with Crippen LogP contribution in [0.4, 0.5) is 11.4 Å². The summed E-state index contributed by atoms with van der Waals surface area (Å²) in [5.74, 6) is 0. The fraction of sp³-hybridized carbons (Fsp3) is 0.185. The van der Waals surface area contributed by atoms with Crippen molar-refractivity contribution < 1.29 is 28.9 Å². The van der Waals surface area contributed by atoms with E-state index in [1.54, 1.807) is 0 Å². The van der Waals surface area contributed by atoms with Gasteiger partial charge in [0.15, 0.2) is 0 Å². The highest BCUT2D eigenvalue weighted by atomic mass is 79.9. The number of hydrogen-bond acceptors (Lipinski definition) is 6. The van der Waals surface area contributed by atoms with Crippen LogP contribution in [0.25, 0.3) is 5.57 Å². The second-order valence-corrected chi connectivity index (χ2v) is 9.83. The highest BCUT2D eigenvalue weighted by Crippen LogP contribution is 2.27. The molecule has 35 heavy (non-hydrogen) atoms. The van der Waals surface area contributed by atoms with Gasteiger partial charge in [-0.15, -0.1) is 0 Å². The zero-order chi connectivity index (χ0) is 26.0. The minimum absolute atomic E-state index is 0.914. The van der Waals surface area contributed by atoms with Crippen LogP contribution in [0, 0.1) is 10.2 Å². The van der Waals surface area contributed by atoms with Gasteiger partial charge in [0.05, 0.1) is 14.9 Å². The van der Waals surface area contributed by atoms with Crippen molar-refractivity contribution in [1.82, 2.24) is 0 Å². The fourth-order valence-electron chi connectivity index (χ4n) is 3.23. The number of anilines is 2. The Labute approximate surface area is 217 Å². The van der Waals surface area contributed by atoms with E-state index in [1.807, 2.05) is 0 Å². The molecule has 0 aliphatic rings. The maximum absolute atomic E-state index is 8.60. The second kappa shape index (κ2) is 13.4. The molecule has 0 radical (unpaired) electrons. The summed E-state index contributed by atoms with van der Waals surface area (Å²) in [4.78, 5) is 4.24. The second-order valence-electron chi connectivity index (χ2n) is 8.12. The Balaban J connectivity index is 0.000000784. The van der Waals surface area contributed by atoms with Crippen LogP contribution in [0.3, 0.4) is 0 Å². The van der Waals surface area contributed by atoms with Crippen LogP contribution in [0.15, 0.2) is 95.5 Å². The van der Waals surface area contributed by atoms with Gasteiger partial charge in [-0.25, -0.2) is 0 Å². The molecule has 3 aromatic rings. The lowest BCUT2D eigenvalue weighted by molar-refractivity contribution is -1.92. The summed E-state index contributed by atoms with van der Waals surface area (Å²) in [5, 5.41) is 0. The molecule has 0 unspecified atom stereocenters. The Morgan fingerprint density at radius 1 is 0.771 bits per heavy atom. The molecule has 8 heteroatoms. The van der Waals surface area contributed by atoms with Crippen LogP contribution in [0.2, 0.25) is 0 Å². The van der Waals surface area contributed by atoms with Crippen molar-refractivity contribution in [1.29, 1.82) is 0 Å². The third kappa shape index (κ3) is 10.7. The first-order valence-electron chi connectivity index (χ1n) is 10.7. The SMILES string of the molecule is CN(C)c1ccc(CC=CC=C(c2ccc(Br)cc2)c2ccc(N(C)C)cc2)cc1.[O-][Cl+3]([O-])([O-])O. The van der Waals surface area contributed by atoms with E-state index in [-0.39, 0.29) is 0 Å². The van der Waals surface area contributed by atoms with E-state index in [9.17, 15) is 0 Å². The predicted octanol–water partition coefficient (Wildman–Crippen LogP) is 2.69. The Morgan fingerprint density at radius 3 is 1.60 bits per heavy atom. The van der Waals surface area contributed by atoms with Crippen LogP contribution in [-0.2, 0) is 6.42 Å². The highest BCUT2D eigenvalue weighted by Gasteiger charge is 2.05. The highest BCUT2D eigenvalue weighted by molar-refractivity contribution is 9.10. The van der Waals surface area contributed by atoms with Gasteiger partial charge < -0.3 is 9.80 Å². The normalized spacial score (nSPS) is 11.7. The summed E-state index contributed by atoms with van der Waals surface area (Å²) in [6, 6.07) is 25.9. The molecule has 3 aromatic carbocycles. The molecule has 186 valence electrons. The van der Waals surface area contributed by atoms with E-state index in [4.69, 9.17) is 18.6 Å². The van der Waals surface area contributed by atoms with Gasteiger partial charge in [0.25, 0.3) is 0 Å². The lowest BCUT2D eigenvalue weighted by Crippen LogP contribution is -2.58. The largest absolute Gasteiger partial charge is 0.378 e. The van der Waals surface area contributed by atoms with Crippen LogP contribution < -0.4 is 23.8 Å². The van der Waals surface area contributed by atoms with Crippen molar-refractivity contribution >= 4 is 32.9 Å². The molecule has 0 atom stereocenters. The number of rotatable bonds is 7. The Kier molecular flexibility index (Phi) is 11.0. The molecule has 1 N–H and O–H groups in total. The van der Waals surface area contributed by atoms with E-state index in [0.717, 1.165) is 10.9 Å². The van der Waals surface area contributed by atoms with Crippen LogP contribution >= 0.6 is 15.9 Å². The van der Waals surface area contributed by atoms with E-state index >= 15 is 0 Å². The molecule has 0 fully saturated rings. The molecule has 0 heterocycles. The Bertz CT molecular complexity index is 1100. The molecule has 0 bridgehead atoms. The number of hydrogen-bond donors (Lipinski definition) is 1. The number of allylic oxidation sites excluding steroid dienone is 3. The van der Waals surface area contributed by atoms with E-state index in [0.29, 0.717) is 0 Å². The summed E-state index contributed by atoms with van der Waals surface area (Å²) in [6.45, 7) is 0. The maximum Gasteiger partial charge on any atom is 0.0777 e. The molecular weight excluding hydrogens is 532 g/mol. The first-order chi connectivity index (χ1) is 16.4. The minimum atomic E-state index is -4.69. The van der Waals surface area contributed by atoms with Crippen molar-refractivity contribution in [3.63, 3.8) is 0 Å². The predicted molar refractivity (Wildman–Crippen MR) is 138 cm³/mol. The molecular formula is C27H30BrClN2O4. The van der Waals surface area contributed by atoms with Gasteiger partial charge in [-0.3, -0.25) is 0 Å². The Hall–Kier alpha value is -2.65. The zero-order valence-electron chi connectivity index (χ0n) is 20.2. The number of halogens is 2. The average Bonchev–Trinajstić information content (AvgIpc) is 2.79. The van der Waals surface area contributed by atoms with E-state index in [1.165, 1.54) is 33.6 Å². The first-order valence-corrected chi connectivity index (χ1v) is 12.8. The third-order valence-electron chi connectivity index (χ3n) is 5.06. The smallest absolute Gasteiger partial charge is 0.0777 e. The summed E-state index contributed by atoms with van der Waals surface area (Å²) < 4.78 is 33.8. The fourth-order valence-corrected chi connectivity index (χ4v) is 3.49. The summed E-state index contributed by atoms with van der Waals surface area (Å²) in [6.07, 6.45) is 7.51. The van der Waals surface area contributed by atoms with Crippen molar-refractivity contribution in [2.75, 3.05) is 38.0 Å². The van der Waals surface area contributed by atoms with Crippen molar-refractivity contribution in [3.8, 4) is 0 Å². The molecule has 0 aliphatic carbocycles. The van der Waals surface area contributed by atoms with Gasteiger partial charge in [-0.05, 0) is 65.1 Å². The number of benzene rings is 3. The summed E-state index contributed by atoms with van der Waals surface area (Å²) in [7, 11) is 3.56. The Morgan fingerprint density at radius 2 is 1.17 bits per heavy atom. The van der Waals surface area contributed by atoms with Gasteiger partial charge in [0.2, 0.25) is 0 Å². The van der Waals surface area contributed by atoms with E-state index in [2.05, 4.69) is 145 Å². The van der Waals surface area contributed by atoms with Gasteiger partial charge in [0, 0.05) is 44.0 Å². The summed E-state index contributed by atoms with van der Waals surface area (Å²) in [5.41, 5.74) is 7.36. The zero-order valence-corrected chi connectivity index (χ0v) is 22.5. The van der Waals surface area contributed by atoms with Gasteiger partial charge in [-0.1, -0.05) is 70.6 Å².